The third-order valence-corrected chi connectivity index (χ3v) is 11.8. The van der Waals surface area contributed by atoms with Gasteiger partial charge in [0.25, 0.3) is 0 Å². The summed E-state index contributed by atoms with van der Waals surface area (Å²) in [6.45, 7) is 2.19. The van der Waals surface area contributed by atoms with E-state index in [4.69, 9.17) is 14.6 Å². The molecule has 0 aliphatic carbocycles. The van der Waals surface area contributed by atoms with Crippen LogP contribution in [0.25, 0.3) is 39.0 Å². The number of aliphatic carboxylic acids is 2. The first kappa shape index (κ1) is 28.6. The van der Waals surface area contributed by atoms with E-state index in [1.165, 1.54) is 0 Å². The number of hydrogen-bond acceptors (Lipinski definition) is 9. The molecule has 0 aromatic carbocycles. The maximum absolute atomic E-state index is 11.7. The lowest BCUT2D eigenvalue weighted by Gasteiger charge is -2.12. The molecule has 5 aromatic rings. The van der Waals surface area contributed by atoms with Crippen molar-refractivity contribution in [2.45, 2.75) is 26.2 Å². The maximum Gasteiger partial charge on any atom is 0.309 e. The quantitative estimate of drug-likeness (QED) is 0.127. The van der Waals surface area contributed by atoms with Gasteiger partial charge in [-0.25, -0.2) is 0 Å². The molecule has 1 unspecified atom stereocenters. The van der Waals surface area contributed by atoms with Crippen LogP contribution >= 0.6 is 56.7 Å². The lowest BCUT2D eigenvalue weighted by Crippen LogP contribution is -2.21. The molecule has 5 heterocycles. The molecule has 0 fully saturated rings. The van der Waals surface area contributed by atoms with Crippen molar-refractivity contribution in [2.24, 2.45) is 5.92 Å². The zero-order chi connectivity index (χ0) is 28.1. The number of carboxylic acid groups (broad SMARTS) is 2. The number of carbonyl (C=O) groups is 2. The molecule has 40 heavy (non-hydrogen) atoms. The minimum absolute atomic E-state index is 0.0733. The molecule has 0 spiro atoms. The molecule has 208 valence electrons. The number of thiophene rings is 5. The molecule has 6 nitrogen and oxygen atoms in total. The standard InChI is InChI=1S/C29H26O6S5/c1-2-5-17(29(32)33)16-35-19-15-25(21-7-4-13-37-21)40-28(19)23-9-8-22(38-23)27-18(34-11-10-26(30)31)14-24(39-27)20-6-3-12-36-20/h3-4,6-9,12-15,17H,2,5,10-11,16H2,1H3,(H,30,31)(H,32,33). The van der Waals surface area contributed by atoms with Gasteiger partial charge in [-0.15, -0.1) is 56.7 Å². The lowest BCUT2D eigenvalue weighted by molar-refractivity contribution is -0.143. The van der Waals surface area contributed by atoms with Crippen molar-refractivity contribution in [1.82, 2.24) is 0 Å². The molecular formula is C29H26O6S5. The zero-order valence-corrected chi connectivity index (χ0v) is 25.5. The minimum atomic E-state index is -0.899. The molecule has 5 aromatic heterocycles. The fourth-order valence-electron chi connectivity index (χ4n) is 4.03. The van der Waals surface area contributed by atoms with Gasteiger partial charge >= 0.3 is 11.9 Å². The molecule has 11 heteroatoms. The van der Waals surface area contributed by atoms with E-state index in [9.17, 15) is 14.7 Å². The second-order valence-corrected chi connectivity index (χ2v) is 13.9. The topological polar surface area (TPSA) is 93.1 Å². The number of hydrogen-bond donors (Lipinski definition) is 2. The Labute approximate surface area is 251 Å². The van der Waals surface area contributed by atoms with E-state index in [-0.39, 0.29) is 19.6 Å². The molecule has 5 rings (SSSR count). The molecule has 0 aliphatic heterocycles. The molecule has 0 saturated carbocycles. The molecule has 0 amide bonds. The van der Waals surface area contributed by atoms with Crippen molar-refractivity contribution in [3.63, 3.8) is 0 Å². The summed E-state index contributed by atoms with van der Waals surface area (Å²) in [4.78, 5) is 31.2. The van der Waals surface area contributed by atoms with Crippen LogP contribution in [0.2, 0.25) is 0 Å². The second-order valence-electron chi connectivity index (χ2n) is 8.85. The largest absolute Gasteiger partial charge is 0.491 e. The van der Waals surface area contributed by atoms with Crippen LogP contribution in [0.1, 0.15) is 26.2 Å². The number of ether oxygens (including phenoxy) is 2. The molecule has 1 atom stereocenters. The van der Waals surface area contributed by atoms with Gasteiger partial charge < -0.3 is 19.7 Å². The molecule has 0 aliphatic rings. The Balaban J connectivity index is 1.48. The zero-order valence-electron chi connectivity index (χ0n) is 21.5. The van der Waals surface area contributed by atoms with Crippen LogP contribution in [0.5, 0.6) is 11.5 Å². The predicted molar refractivity (Wildman–Crippen MR) is 167 cm³/mol. The van der Waals surface area contributed by atoms with E-state index < -0.39 is 17.9 Å². The SMILES string of the molecule is CCCC(COc1cc(-c2cccs2)sc1-c1ccc(-c2sc(-c3cccs3)cc2OCCC(=O)O)s1)C(=O)O. The first-order valence-corrected chi connectivity index (χ1v) is 16.8. The van der Waals surface area contributed by atoms with Crippen molar-refractivity contribution >= 4 is 68.6 Å². The van der Waals surface area contributed by atoms with Crippen molar-refractivity contribution in [3.8, 4) is 50.5 Å². The van der Waals surface area contributed by atoms with Crippen molar-refractivity contribution in [2.75, 3.05) is 13.2 Å². The van der Waals surface area contributed by atoms with E-state index in [1.54, 1.807) is 56.7 Å². The summed E-state index contributed by atoms with van der Waals surface area (Å²) < 4.78 is 12.1. The summed E-state index contributed by atoms with van der Waals surface area (Å²) in [6.07, 6.45) is 1.26. The average molecular weight is 631 g/mol. The summed E-state index contributed by atoms with van der Waals surface area (Å²) in [6, 6.07) is 16.3. The Bertz CT molecular complexity index is 1560. The Morgan fingerprint density at radius 2 is 1.35 bits per heavy atom. The molecule has 2 N–H and O–H groups in total. The summed E-state index contributed by atoms with van der Waals surface area (Å²) in [7, 11) is 0. The number of carboxylic acids is 2. The van der Waals surface area contributed by atoms with Gasteiger partial charge in [0.1, 0.15) is 18.1 Å². The molecule has 0 radical (unpaired) electrons. The lowest BCUT2D eigenvalue weighted by atomic mass is 10.1. The van der Waals surface area contributed by atoms with Gasteiger partial charge in [0.2, 0.25) is 0 Å². The van der Waals surface area contributed by atoms with E-state index in [1.807, 2.05) is 41.9 Å². The smallest absolute Gasteiger partial charge is 0.309 e. The third kappa shape index (κ3) is 6.67. The Kier molecular flexibility index (Phi) is 9.38. The van der Waals surface area contributed by atoms with Crippen LogP contribution in [0.4, 0.5) is 0 Å². The summed E-state index contributed by atoms with van der Waals surface area (Å²) >= 11 is 8.18. The van der Waals surface area contributed by atoms with Gasteiger partial charge in [-0.05, 0) is 41.4 Å². The Morgan fingerprint density at radius 1 is 0.775 bits per heavy atom. The van der Waals surface area contributed by atoms with Crippen molar-refractivity contribution in [3.05, 3.63) is 59.3 Å². The van der Waals surface area contributed by atoms with Gasteiger partial charge in [-0.2, -0.15) is 0 Å². The van der Waals surface area contributed by atoms with E-state index in [0.29, 0.717) is 17.9 Å². The second kappa shape index (κ2) is 13.1. The molecule has 0 bridgehead atoms. The summed E-state index contributed by atoms with van der Waals surface area (Å²) in [5.41, 5.74) is 0. The van der Waals surface area contributed by atoms with Crippen molar-refractivity contribution < 1.29 is 29.3 Å². The van der Waals surface area contributed by atoms with Crippen LogP contribution in [-0.4, -0.2) is 35.4 Å². The highest BCUT2D eigenvalue weighted by Gasteiger charge is 2.23. The van der Waals surface area contributed by atoms with Crippen LogP contribution in [0.3, 0.4) is 0 Å². The summed E-state index contributed by atoms with van der Waals surface area (Å²) in [5.74, 6) is -0.940. The first-order chi connectivity index (χ1) is 19.4. The highest BCUT2D eigenvalue weighted by atomic mass is 32.1. The van der Waals surface area contributed by atoms with Gasteiger partial charge in [-0.3, -0.25) is 9.59 Å². The summed E-state index contributed by atoms with van der Waals surface area (Å²) in [5, 5.41) is 22.8. The fraction of sp³-hybridized carbons (Fsp3) is 0.241. The van der Waals surface area contributed by atoms with E-state index >= 15 is 0 Å². The predicted octanol–water partition coefficient (Wildman–Crippen LogP) is 9.40. The van der Waals surface area contributed by atoms with Crippen LogP contribution in [0, 0.1) is 5.92 Å². The Morgan fingerprint density at radius 3 is 1.82 bits per heavy atom. The minimum Gasteiger partial charge on any atom is -0.491 e. The molecule has 0 saturated heterocycles. The van der Waals surface area contributed by atoms with Crippen molar-refractivity contribution in [1.29, 1.82) is 0 Å². The molecular weight excluding hydrogens is 605 g/mol. The Hall–Kier alpha value is -2.96. The van der Waals surface area contributed by atoms with Crippen LogP contribution in [0.15, 0.2) is 59.3 Å². The van der Waals surface area contributed by atoms with Crippen LogP contribution < -0.4 is 9.47 Å². The van der Waals surface area contributed by atoms with Gasteiger partial charge in [0.05, 0.1) is 28.7 Å². The average Bonchev–Trinajstić information content (AvgIpc) is 3.75. The van der Waals surface area contributed by atoms with Gasteiger partial charge in [0, 0.05) is 41.4 Å². The highest BCUT2D eigenvalue weighted by molar-refractivity contribution is 7.29. The maximum atomic E-state index is 11.7. The van der Waals surface area contributed by atoms with Gasteiger partial charge in [0.15, 0.2) is 0 Å². The van der Waals surface area contributed by atoms with E-state index in [0.717, 1.165) is 45.4 Å². The fourth-order valence-corrected chi connectivity index (χ4v) is 9.12. The third-order valence-electron chi connectivity index (χ3n) is 5.98. The normalized spacial score (nSPS) is 11.9. The first-order valence-electron chi connectivity index (χ1n) is 12.6. The van der Waals surface area contributed by atoms with Gasteiger partial charge in [-0.1, -0.05) is 25.5 Å². The van der Waals surface area contributed by atoms with Crippen LogP contribution in [-0.2, 0) is 9.59 Å². The monoisotopic (exact) mass is 630 g/mol. The highest BCUT2D eigenvalue weighted by Crippen LogP contribution is 2.51. The number of rotatable bonds is 14. The van der Waals surface area contributed by atoms with E-state index in [2.05, 4.69) is 24.3 Å².